The van der Waals surface area contributed by atoms with Gasteiger partial charge in [0.2, 0.25) is 11.7 Å². The summed E-state index contributed by atoms with van der Waals surface area (Å²) in [6.45, 7) is 1.47. The molecule has 0 fully saturated rings. The summed E-state index contributed by atoms with van der Waals surface area (Å²) in [5.41, 5.74) is 1.22. The van der Waals surface area contributed by atoms with Crippen LogP contribution in [0.5, 0.6) is 0 Å². The third-order valence-corrected chi connectivity index (χ3v) is 5.00. The highest BCUT2D eigenvalue weighted by Gasteiger charge is 2.20. The second-order valence-electron chi connectivity index (χ2n) is 5.42. The van der Waals surface area contributed by atoms with Gasteiger partial charge in [0.15, 0.2) is 6.10 Å². The monoisotopic (exact) mass is 402 g/mol. The van der Waals surface area contributed by atoms with Crippen LogP contribution in [0.4, 0.5) is 5.00 Å². The Morgan fingerprint density at radius 2 is 2.26 bits per heavy atom. The van der Waals surface area contributed by atoms with Crippen molar-refractivity contribution in [3.63, 3.8) is 0 Å². The molecule has 0 unspecified atom stereocenters. The van der Waals surface area contributed by atoms with Gasteiger partial charge in [0.25, 0.3) is 5.91 Å². The first-order chi connectivity index (χ1) is 13.1. The number of aromatic nitrogens is 2. The number of hydrogen-bond acceptors (Lipinski definition) is 9. The highest BCUT2D eigenvalue weighted by molar-refractivity contribution is 7.14. The minimum Gasteiger partial charge on any atom is -0.453 e. The number of thiophene rings is 2. The molecule has 3 aromatic rings. The minimum atomic E-state index is -0.991. The molecule has 3 heterocycles. The molecule has 0 aliphatic carbocycles. The summed E-state index contributed by atoms with van der Waals surface area (Å²) < 4.78 is 10.2. The molecule has 3 aromatic heterocycles. The molecule has 0 aromatic carbocycles. The molecule has 0 saturated carbocycles. The van der Waals surface area contributed by atoms with Crippen LogP contribution in [0.2, 0.25) is 0 Å². The van der Waals surface area contributed by atoms with Gasteiger partial charge in [-0.3, -0.25) is 9.59 Å². The average Bonchev–Trinajstić information content (AvgIpc) is 3.40. The maximum atomic E-state index is 12.1. The van der Waals surface area contributed by atoms with Gasteiger partial charge in [-0.05, 0) is 29.8 Å². The molecule has 27 heavy (non-hydrogen) atoms. The first-order valence-electron chi connectivity index (χ1n) is 7.90. The van der Waals surface area contributed by atoms with E-state index < -0.39 is 18.0 Å². The molecule has 0 radical (unpaired) electrons. The zero-order valence-electron chi connectivity index (χ0n) is 14.2. The molecule has 0 spiro atoms. The van der Waals surface area contributed by atoms with Crippen molar-refractivity contribution in [2.24, 2.45) is 0 Å². The van der Waals surface area contributed by atoms with Crippen molar-refractivity contribution in [3.05, 3.63) is 39.7 Å². The molecule has 1 atom stereocenters. The maximum Gasteiger partial charge on any atom is 0.307 e. The number of anilines is 1. The molecule has 1 amide bonds. The predicted molar refractivity (Wildman–Crippen MR) is 99.1 cm³/mol. The number of carbonyl (C=O) groups is 2. The van der Waals surface area contributed by atoms with Gasteiger partial charge in [0, 0.05) is 17.4 Å². The first kappa shape index (κ1) is 18.8. The fraction of sp³-hybridized carbons (Fsp3) is 0.235. The van der Waals surface area contributed by atoms with Crippen LogP contribution in [0, 0.1) is 11.3 Å². The number of amides is 1. The van der Waals surface area contributed by atoms with Crippen LogP contribution >= 0.6 is 22.7 Å². The summed E-state index contributed by atoms with van der Waals surface area (Å²) in [6, 6.07) is 5.45. The predicted octanol–water partition coefficient (Wildman–Crippen LogP) is 3.23. The summed E-state index contributed by atoms with van der Waals surface area (Å²) in [5, 5.41) is 21.3. The summed E-state index contributed by atoms with van der Waals surface area (Å²) in [6.07, 6.45) is -0.769. The number of aryl methyl sites for hydroxylation is 1. The Morgan fingerprint density at radius 3 is 3.00 bits per heavy atom. The molecule has 8 nitrogen and oxygen atoms in total. The fourth-order valence-electron chi connectivity index (χ4n) is 2.09. The molecule has 0 aliphatic heterocycles. The maximum absolute atomic E-state index is 12.1. The van der Waals surface area contributed by atoms with Crippen molar-refractivity contribution in [1.29, 1.82) is 5.26 Å². The molecule has 3 rings (SSSR count). The number of nitrogens with zero attached hydrogens (tertiary/aromatic N) is 3. The summed E-state index contributed by atoms with van der Waals surface area (Å²) in [4.78, 5) is 28.3. The number of carbonyl (C=O) groups excluding carboxylic acids is 2. The van der Waals surface area contributed by atoms with Crippen molar-refractivity contribution in [1.82, 2.24) is 10.1 Å². The van der Waals surface area contributed by atoms with Crippen LogP contribution in [0.3, 0.4) is 0 Å². The Bertz CT molecular complexity index is 971. The Balaban J connectivity index is 1.47. The van der Waals surface area contributed by atoms with Crippen molar-refractivity contribution in [3.8, 4) is 17.5 Å². The Kier molecular flexibility index (Phi) is 5.95. The lowest BCUT2D eigenvalue weighted by molar-refractivity contribution is -0.153. The largest absolute Gasteiger partial charge is 0.453 e. The van der Waals surface area contributed by atoms with Crippen LogP contribution in [0.15, 0.2) is 32.8 Å². The van der Waals surface area contributed by atoms with Gasteiger partial charge >= 0.3 is 5.97 Å². The van der Waals surface area contributed by atoms with Crippen LogP contribution in [-0.2, 0) is 20.7 Å². The van der Waals surface area contributed by atoms with Gasteiger partial charge in [0.05, 0.1) is 12.0 Å². The first-order valence-corrected chi connectivity index (χ1v) is 9.72. The molecule has 1 N–H and O–H groups in total. The lowest BCUT2D eigenvalue weighted by Crippen LogP contribution is -2.30. The van der Waals surface area contributed by atoms with Gasteiger partial charge in [-0.25, -0.2) is 0 Å². The van der Waals surface area contributed by atoms with Crippen molar-refractivity contribution >= 4 is 39.6 Å². The van der Waals surface area contributed by atoms with E-state index in [1.807, 2.05) is 22.9 Å². The molecule has 0 aliphatic rings. The van der Waals surface area contributed by atoms with Gasteiger partial charge in [0.1, 0.15) is 11.1 Å². The number of nitrogens with one attached hydrogen (secondary N) is 1. The van der Waals surface area contributed by atoms with E-state index in [-0.39, 0.29) is 12.8 Å². The molecule has 0 saturated heterocycles. The quantitative estimate of drug-likeness (QED) is 0.603. The fourth-order valence-corrected chi connectivity index (χ4v) is 3.47. The molecule has 0 bridgehead atoms. The van der Waals surface area contributed by atoms with E-state index >= 15 is 0 Å². The van der Waals surface area contributed by atoms with Gasteiger partial charge in [-0.2, -0.15) is 21.6 Å². The highest BCUT2D eigenvalue weighted by Crippen LogP contribution is 2.22. The Labute approximate surface area is 162 Å². The van der Waals surface area contributed by atoms with E-state index in [1.54, 1.807) is 11.4 Å². The van der Waals surface area contributed by atoms with E-state index in [2.05, 4.69) is 15.5 Å². The van der Waals surface area contributed by atoms with E-state index in [4.69, 9.17) is 14.5 Å². The standard InChI is InChI=1S/C17H14N4O4S2/c1-10(16(23)20-17-11(8-18)5-7-27-17)24-14(22)3-2-13-19-15(21-25-13)12-4-6-26-9-12/h4-7,9-10H,2-3H2,1H3,(H,20,23)/t10-/m0/s1. The van der Waals surface area contributed by atoms with Crippen molar-refractivity contribution in [2.45, 2.75) is 25.9 Å². The summed E-state index contributed by atoms with van der Waals surface area (Å²) in [7, 11) is 0. The Morgan fingerprint density at radius 1 is 1.41 bits per heavy atom. The lowest BCUT2D eigenvalue weighted by atomic mass is 10.3. The highest BCUT2D eigenvalue weighted by atomic mass is 32.1. The van der Waals surface area contributed by atoms with Gasteiger partial charge in [-0.15, -0.1) is 11.3 Å². The minimum absolute atomic E-state index is 0.00530. The Hall–Kier alpha value is -3.03. The topological polar surface area (TPSA) is 118 Å². The lowest BCUT2D eigenvalue weighted by Gasteiger charge is -2.12. The number of hydrogen-bond donors (Lipinski definition) is 1. The van der Waals surface area contributed by atoms with Crippen molar-refractivity contribution in [2.75, 3.05) is 5.32 Å². The van der Waals surface area contributed by atoms with E-state index in [1.165, 1.54) is 29.6 Å². The van der Waals surface area contributed by atoms with Crippen LogP contribution in [-0.4, -0.2) is 28.1 Å². The summed E-state index contributed by atoms with van der Waals surface area (Å²) in [5.74, 6) is -0.265. The van der Waals surface area contributed by atoms with E-state index in [0.29, 0.717) is 22.3 Å². The number of rotatable bonds is 7. The zero-order valence-corrected chi connectivity index (χ0v) is 15.8. The van der Waals surface area contributed by atoms with Crippen LogP contribution in [0.1, 0.15) is 24.8 Å². The van der Waals surface area contributed by atoms with E-state index in [9.17, 15) is 9.59 Å². The summed E-state index contributed by atoms with van der Waals surface area (Å²) >= 11 is 2.75. The van der Waals surface area contributed by atoms with Gasteiger partial charge < -0.3 is 14.6 Å². The smallest absolute Gasteiger partial charge is 0.307 e. The van der Waals surface area contributed by atoms with Gasteiger partial charge in [-0.1, -0.05) is 5.16 Å². The third kappa shape index (κ3) is 4.78. The molecular formula is C17H14N4O4S2. The molecular weight excluding hydrogens is 388 g/mol. The van der Waals surface area contributed by atoms with E-state index in [0.717, 1.165) is 5.56 Å². The van der Waals surface area contributed by atoms with Crippen LogP contribution in [0.25, 0.3) is 11.4 Å². The second-order valence-corrected chi connectivity index (χ2v) is 7.12. The normalized spacial score (nSPS) is 11.6. The SMILES string of the molecule is C[C@H](OC(=O)CCc1nc(-c2ccsc2)no1)C(=O)Nc1sccc1C#N. The molecule has 138 valence electrons. The zero-order chi connectivity index (χ0) is 19.2. The number of esters is 1. The van der Waals surface area contributed by atoms with Crippen LogP contribution < -0.4 is 5.32 Å². The van der Waals surface area contributed by atoms with Crippen molar-refractivity contribution < 1.29 is 18.8 Å². The number of ether oxygens (including phenoxy) is 1. The molecule has 10 heteroatoms. The number of nitriles is 1. The average molecular weight is 402 g/mol. The third-order valence-electron chi connectivity index (χ3n) is 3.49. The second kappa shape index (κ2) is 8.57.